The van der Waals surface area contributed by atoms with E-state index in [1.807, 2.05) is 0 Å². The van der Waals surface area contributed by atoms with Crippen LogP contribution in [0.1, 0.15) is 37.4 Å². The van der Waals surface area contributed by atoms with Gasteiger partial charge in [-0.2, -0.15) is 4.98 Å². The zero-order valence-corrected chi connectivity index (χ0v) is 12.4. The van der Waals surface area contributed by atoms with Crippen LogP contribution in [0.5, 0.6) is 0 Å². The van der Waals surface area contributed by atoms with Gasteiger partial charge in [0.15, 0.2) is 0 Å². The standard InChI is InChI=1S/C15H24N4O/c1-3-12-10(2)13(18-14(16)17-12)19-7-11-5-4-6-15(11,8-19)9-20/h11,20H,3-9H2,1-2H3,(H2,16,17,18). The molecule has 0 spiro atoms. The molecule has 1 aliphatic heterocycles. The molecule has 1 aromatic heterocycles. The molecule has 2 aliphatic rings. The average molecular weight is 276 g/mol. The molecule has 2 unspecified atom stereocenters. The molecule has 5 nitrogen and oxygen atoms in total. The van der Waals surface area contributed by atoms with E-state index in [-0.39, 0.29) is 12.0 Å². The Hall–Kier alpha value is -1.36. The van der Waals surface area contributed by atoms with E-state index in [1.54, 1.807) is 0 Å². The van der Waals surface area contributed by atoms with Gasteiger partial charge in [-0.1, -0.05) is 13.3 Å². The third-order valence-electron chi connectivity index (χ3n) is 5.23. The number of aliphatic hydroxyl groups excluding tert-OH is 1. The van der Waals surface area contributed by atoms with E-state index in [2.05, 4.69) is 28.7 Å². The maximum atomic E-state index is 9.83. The zero-order valence-electron chi connectivity index (χ0n) is 12.4. The Kier molecular flexibility index (Phi) is 3.32. The van der Waals surface area contributed by atoms with Crippen LogP contribution in [0.25, 0.3) is 0 Å². The van der Waals surface area contributed by atoms with Gasteiger partial charge >= 0.3 is 0 Å². The molecule has 2 atom stereocenters. The van der Waals surface area contributed by atoms with Crippen molar-refractivity contribution in [2.45, 2.75) is 39.5 Å². The Morgan fingerprint density at radius 1 is 1.45 bits per heavy atom. The second-order valence-corrected chi connectivity index (χ2v) is 6.32. The first-order valence-electron chi connectivity index (χ1n) is 7.58. The van der Waals surface area contributed by atoms with E-state index >= 15 is 0 Å². The lowest BCUT2D eigenvalue weighted by molar-refractivity contribution is 0.121. The van der Waals surface area contributed by atoms with E-state index in [9.17, 15) is 5.11 Å². The number of hydrogen-bond donors (Lipinski definition) is 2. The fraction of sp³-hybridized carbons (Fsp3) is 0.733. The molecule has 2 heterocycles. The number of aryl methyl sites for hydroxylation is 1. The number of aromatic nitrogens is 2. The predicted molar refractivity (Wildman–Crippen MR) is 79.6 cm³/mol. The molecule has 0 radical (unpaired) electrons. The monoisotopic (exact) mass is 276 g/mol. The number of anilines is 2. The maximum Gasteiger partial charge on any atom is 0.222 e. The molecule has 20 heavy (non-hydrogen) atoms. The fourth-order valence-electron chi connectivity index (χ4n) is 4.05. The van der Waals surface area contributed by atoms with Crippen LogP contribution in [0.4, 0.5) is 11.8 Å². The molecular formula is C15H24N4O. The number of nitrogen functional groups attached to an aromatic ring is 1. The first-order chi connectivity index (χ1) is 9.59. The largest absolute Gasteiger partial charge is 0.396 e. The zero-order chi connectivity index (χ0) is 14.3. The van der Waals surface area contributed by atoms with Crippen LogP contribution in [-0.4, -0.2) is 34.8 Å². The van der Waals surface area contributed by atoms with Crippen molar-refractivity contribution >= 4 is 11.8 Å². The lowest BCUT2D eigenvalue weighted by atomic mass is 9.82. The number of nitrogens with two attached hydrogens (primary N) is 1. The van der Waals surface area contributed by atoms with Crippen LogP contribution in [0.3, 0.4) is 0 Å². The van der Waals surface area contributed by atoms with Crippen molar-refractivity contribution in [3.05, 3.63) is 11.3 Å². The van der Waals surface area contributed by atoms with Crippen LogP contribution < -0.4 is 10.6 Å². The lowest BCUT2D eigenvalue weighted by Crippen LogP contribution is -2.31. The van der Waals surface area contributed by atoms with Crippen molar-refractivity contribution < 1.29 is 5.11 Å². The van der Waals surface area contributed by atoms with Gasteiger partial charge in [0, 0.05) is 24.1 Å². The number of rotatable bonds is 3. The minimum Gasteiger partial charge on any atom is -0.396 e. The minimum atomic E-state index is 0.0819. The molecule has 110 valence electrons. The Morgan fingerprint density at radius 2 is 2.25 bits per heavy atom. The highest BCUT2D eigenvalue weighted by molar-refractivity contribution is 5.52. The second kappa shape index (κ2) is 4.88. The Balaban J connectivity index is 1.94. The molecule has 0 aromatic carbocycles. The molecule has 1 aliphatic carbocycles. The van der Waals surface area contributed by atoms with Gasteiger partial charge < -0.3 is 15.7 Å². The van der Waals surface area contributed by atoms with Gasteiger partial charge in [0.1, 0.15) is 5.82 Å². The minimum absolute atomic E-state index is 0.0819. The van der Waals surface area contributed by atoms with Crippen molar-refractivity contribution in [1.29, 1.82) is 0 Å². The fourth-order valence-corrected chi connectivity index (χ4v) is 4.05. The normalized spacial score (nSPS) is 28.9. The van der Waals surface area contributed by atoms with E-state index in [0.717, 1.165) is 43.0 Å². The van der Waals surface area contributed by atoms with Crippen molar-refractivity contribution in [1.82, 2.24) is 9.97 Å². The SMILES string of the molecule is CCc1nc(N)nc(N2CC3CCCC3(CO)C2)c1C. The van der Waals surface area contributed by atoms with E-state index < -0.39 is 0 Å². The highest BCUT2D eigenvalue weighted by Gasteiger charge is 2.49. The summed E-state index contributed by atoms with van der Waals surface area (Å²) in [5.41, 5.74) is 8.10. The van der Waals surface area contributed by atoms with Gasteiger partial charge in [-0.05, 0) is 32.1 Å². The highest BCUT2D eigenvalue weighted by Crippen LogP contribution is 2.49. The summed E-state index contributed by atoms with van der Waals surface area (Å²) >= 11 is 0. The van der Waals surface area contributed by atoms with Crippen molar-refractivity contribution in [3.63, 3.8) is 0 Å². The average Bonchev–Trinajstić information content (AvgIpc) is 2.97. The van der Waals surface area contributed by atoms with Crippen molar-refractivity contribution in [3.8, 4) is 0 Å². The number of hydrogen-bond acceptors (Lipinski definition) is 5. The first kappa shape index (κ1) is 13.6. The summed E-state index contributed by atoms with van der Waals surface area (Å²) in [6, 6.07) is 0. The van der Waals surface area contributed by atoms with Gasteiger partial charge in [0.25, 0.3) is 0 Å². The van der Waals surface area contributed by atoms with Crippen LogP contribution in [-0.2, 0) is 6.42 Å². The maximum absolute atomic E-state index is 9.83. The van der Waals surface area contributed by atoms with Crippen LogP contribution in [0.2, 0.25) is 0 Å². The molecule has 3 N–H and O–H groups in total. The first-order valence-corrected chi connectivity index (χ1v) is 7.58. The lowest BCUT2D eigenvalue weighted by Gasteiger charge is -2.27. The Morgan fingerprint density at radius 3 is 2.90 bits per heavy atom. The van der Waals surface area contributed by atoms with Gasteiger partial charge in [-0.15, -0.1) is 0 Å². The van der Waals surface area contributed by atoms with E-state index in [0.29, 0.717) is 11.9 Å². The van der Waals surface area contributed by atoms with Gasteiger partial charge in [-0.25, -0.2) is 4.98 Å². The highest BCUT2D eigenvalue weighted by atomic mass is 16.3. The molecule has 5 heteroatoms. The topological polar surface area (TPSA) is 75.3 Å². The van der Waals surface area contributed by atoms with Gasteiger partial charge in [0.2, 0.25) is 5.95 Å². The van der Waals surface area contributed by atoms with Crippen LogP contribution in [0, 0.1) is 18.3 Å². The van der Waals surface area contributed by atoms with Crippen LogP contribution in [0.15, 0.2) is 0 Å². The molecule has 0 bridgehead atoms. The van der Waals surface area contributed by atoms with Crippen LogP contribution >= 0.6 is 0 Å². The van der Waals surface area contributed by atoms with Gasteiger partial charge in [0.05, 0.1) is 12.3 Å². The Labute approximate surface area is 120 Å². The summed E-state index contributed by atoms with van der Waals surface area (Å²) < 4.78 is 0. The van der Waals surface area contributed by atoms with E-state index in [1.165, 1.54) is 12.8 Å². The molecule has 1 aromatic rings. The summed E-state index contributed by atoms with van der Waals surface area (Å²) in [7, 11) is 0. The quantitative estimate of drug-likeness (QED) is 0.875. The van der Waals surface area contributed by atoms with E-state index in [4.69, 9.17) is 5.73 Å². The predicted octanol–water partition coefficient (Wildman–Crippen LogP) is 1.53. The molecule has 2 fully saturated rings. The van der Waals surface area contributed by atoms with Gasteiger partial charge in [-0.3, -0.25) is 0 Å². The molecule has 0 amide bonds. The summed E-state index contributed by atoms with van der Waals surface area (Å²) in [5.74, 6) is 1.92. The molecule has 1 saturated heterocycles. The summed E-state index contributed by atoms with van der Waals surface area (Å²) in [4.78, 5) is 11.1. The molecule has 3 rings (SSSR count). The smallest absolute Gasteiger partial charge is 0.222 e. The third-order valence-corrected chi connectivity index (χ3v) is 5.23. The second-order valence-electron chi connectivity index (χ2n) is 6.32. The number of nitrogens with zero attached hydrogens (tertiary/aromatic N) is 3. The van der Waals surface area contributed by atoms with Crippen molar-refractivity contribution in [2.75, 3.05) is 30.3 Å². The summed E-state index contributed by atoms with van der Waals surface area (Å²) in [5, 5.41) is 9.83. The summed E-state index contributed by atoms with van der Waals surface area (Å²) in [6.45, 7) is 6.34. The summed E-state index contributed by atoms with van der Waals surface area (Å²) in [6.07, 6.45) is 4.46. The number of aliphatic hydroxyl groups is 1. The third kappa shape index (κ3) is 1.95. The molecular weight excluding hydrogens is 252 g/mol. The van der Waals surface area contributed by atoms with Crippen molar-refractivity contribution in [2.24, 2.45) is 11.3 Å². The molecule has 1 saturated carbocycles. The Bertz CT molecular complexity index is 519. The number of fused-ring (bicyclic) bond motifs is 1.